The summed E-state index contributed by atoms with van der Waals surface area (Å²) in [4.78, 5) is 16.2. The number of benzene rings is 1. The lowest BCUT2D eigenvalue weighted by Crippen LogP contribution is -2.13. The predicted molar refractivity (Wildman–Crippen MR) is 87.6 cm³/mol. The van der Waals surface area contributed by atoms with E-state index in [1.165, 1.54) is 6.07 Å². The average molecular weight is 371 g/mol. The number of hydrogen-bond acceptors (Lipinski definition) is 5. The number of amides is 1. The van der Waals surface area contributed by atoms with Gasteiger partial charge in [-0.3, -0.25) is 4.79 Å². The molecular weight excluding hydrogens is 351 g/mol. The zero-order valence-corrected chi connectivity index (χ0v) is 14.7. The maximum atomic E-state index is 13.6. The molecule has 2 aromatic rings. The van der Waals surface area contributed by atoms with Crippen molar-refractivity contribution in [3.8, 4) is 5.75 Å². The summed E-state index contributed by atoms with van der Waals surface area (Å²) in [5.74, 6) is -0.865. The molecular formula is C17H20F3N3O3. The SMILES string of the molecule is CC(C)(C)c1noc(CCCC(=O)Nc2ccc(OC(F)F)c(F)c2)n1. The second-order valence-electron chi connectivity index (χ2n) is 6.69. The van der Waals surface area contributed by atoms with E-state index in [1.54, 1.807) is 0 Å². The quantitative estimate of drug-likeness (QED) is 0.794. The summed E-state index contributed by atoms with van der Waals surface area (Å²) in [6.45, 7) is 2.78. The van der Waals surface area contributed by atoms with Crippen LogP contribution in [0.5, 0.6) is 5.75 Å². The molecule has 6 nitrogen and oxygen atoms in total. The molecule has 0 saturated heterocycles. The largest absolute Gasteiger partial charge is 0.432 e. The van der Waals surface area contributed by atoms with Gasteiger partial charge < -0.3 is 14.6 Å². The Morgan fingerprint density at radius 3 is 2.65 bits per heavy atom. The molecule has 1 N–H and O–H groups in total. The molecule has 1 heterocycles. The number of aryl methyl sites for hydroxylation is 1. The molecule has 1 amide bonds. The van der Waals surface area contributed by atoms with Gasteiger partial charge in [-0.2, -0.15) is 13.8 Å². The van der Waals surface area contributed by atoms with Gasteiger partial charge in [0.15, 0.2) is 17.4 Å². The Morgan fingerprint density at radius 1 is 1.35 bits per heavy atom. The van der Waals surface area contributed by atoms with Crippen molar-refractivity contribution in [2.75, 3.05) is 5.32 Å². The van der Waals surface area contributed by atoms with Crippen LogP contribution < -0.4 is 10.1 Å². The van der Waals surface area contributed by atoms with Crippen molar-refractivity contribution < 1.29 is 27.2 Å². The molecule has 1 aromatic heterocycles. The third-order valence-corrected chi connectivity index (χ3v) is 3.37. The number of carbonyl (C=O) groups is 1. The topological polar surface area (TPSA) is 77.2 Å². The molecule has 0 atom stereocenters. The average Bonchev–Trinajstić information content (AvgIpc) is 2.99. The molecule has 9 heteroatoms. The first-order valence-corrected chi connectivity index (χ1v) is 8.02. The Balaban J connectivity index is 1.82. The molecule has 0 spiro atoms. The number of carbonyl (C=O) groups excluding carboxylic acids is 1. The van der Waals surface area contributed by atoms with Crippen molar-refractivity contribution >= 4 is 11.6 Å². The fourth-order valence-electron chi connectivity index (χ4n) is 2.05. The Kier molecular flexibility index (Phi) is 6.23. The summed E-state index contributed by atoms with van der Waals surface area (Å²) in [7, 11) is 0. The van der Waals surface area contributed by atoms with Crippen LogP contribution in [-0.4, -0.2) is 22.7 Å². The summed E-state index contributed by atoms with van der Waals surface area (Å²) < 4.78 is 46.9. The summed E-state index contributed by atoms with van der Waals surface area (Å²) in [5, 5.41) is 6.39. The van der Waals surface area contributed by atoms with Crippen LogP contribution in [0.15, 0.2) is 22.7 Å². The number of alkyl halides is 2. The molecule has 0 fully saturated rings. The standard InChI is InChI=1S/C17H20F3N3O3/c1-17(2,3)15-22-14(26-23-15)6-4-5-13(24)21-10-7-8-12(11(18)9-10)25-16(19)20/h7-9,16H,4-6H2,1-3H3,(H,21,24). The molecule has 0 bridgehead atoms. The van der Waals surface area contributed by atoms with Crippen molar-refractivity contribution in [2.45, 2.75) is 52.1 Å². The molecule has 0 saturated carbocycles. The number of halogens is 3. The Bertz CT molecular complexity index is 757. The van der Waals surface area contributed by atoms with Gasteiger partial charge in [0.05, 0.1) is 0 Å². The Hall–Kier alpha value is -2.58. The molecule has 142 valence electrons. The molecule has 0 unspecified atom stereocenters. The number of rotatable bonds is 7. The van der Waals surface area contributed by atoms with Gasteiger partial charge in [0.2, 0.25) is 11.8 Å². The third kappa shape index (κ3) is 5.75. The Morgan fingerprint density at radius 2 is 2.08 bits per heavy atom. The van der Waals surface area contributed by atoms with E-state index in [0.717, 1.165) is 12.1 Å². The number of nitrogens with one attached hydrogen (secondary N) is 1. The van der Waals surface area contributed by atoms with Crippen LogP contribution in [0, 0.1) is 5.82 Å². The molecule has 1 aromatic carbocycles. The minimum Gasteiger partial charge on any atom is -0.432 e. The van der Waals surface area contributed by atoms with Gasteiger partial charge in [-0.05, 0) is 18.6 Å². The van der Waals surface area contributed by atoms with Crippen LogP contribution >= 0.6 is 0 Å². The number of nitrogens with zero attached hydrogens (tertiary/aromatic N) is 2. The highest BCUT2D eigenvalue weighted by atomic mass is 19.3. The van der Waals surface area contributed by atoms with E-state index in [-0.39, 0.29) is 23.4 Å². The highest BCUT2D eigenvalue weighted by molar-refractivity contribution is 5.90. The smallest absolute Gasteiger partial charge is 0.387 e. The van der Waals surface area contributed by atoms with Crippen molar-refractivity contribution in [1.29, 1.82) is 0 Å². The van der Waals surface area contributed by atoms with E-state index >= 15 is 0 Å². The lowest BCUT2D eigenvalue weighted by atomic mass is 9.96. The van der Waals surface area contributed by atoms with Gasteiger partial charge in [-0.15, -0.1) is 0 Å². The highest BCUT2D eigenvalue weighted by Crippen LogP contribution is 2.23. The summed E-state index contributed by atoms with van der Waals surface area (Å²) in [6, 6.07) is 3.24. The first-order chi connectivity index (χ1) is 12.1. The van der Waals surface area contributed by atoms with E-state index in [2.05, 4.69) is 20.2 Å². The van der Waals surface area contributed by atoms with Crippen LogP contribution in [0.3, 0.4) is 0 Å². The van der Waals surface area contributed by atoms with Crippen molar-refractivity contribution in [1.82, 2.24) is 10.1 Å². The first-order valence-electron chi connectivity index (χ1n) is 8.02. The lowest BCUT2D eigenvalue weighted by molar-refractivity contribution is -0.116. The van der Waals surface area contributed by atoms with Crippen LogP contribution in [0.25, 0.3) is 0 Å². The lowest BCUT2D eigenvalue weighted by Gasteiger charge is -2.10. The van der Waals surface area contributed by atoms with Crippen LogP contribution in [-0.2, 0) is 16.6 Å². The fourth-order valence-corrected chi connectivity index (χ4v) is 2.05. The monoisotopic (exact) mass is 371 g/mol. The molecule has 0 aliphatic carbocycles. The molecule has 2 rings (SSSR count). The van der Waals surface area contributed by atoms with Crippen LogP contribution in [0.1, 0.15) is 45.3 Å². The fraction of sp³-hybridized carbons (Fsp3) is 0.471. The van der Waals surface area contributed by atoms with E-state index in [9.17, 15) is 18.0 Å². The normalized spacial score (nSPS) is 11.7. The van der Waals surface area contributed by atoms with Gasteiger partial charge in [0, 0.05) is 30.0 Å². The van der Waals surface area contributed by atoms with Crippen molar-refractivity contribution in [3.63, 3.8) is 0 Å². The van der Waals surface area contributed by atoms with E-state index < -0.39 is 18.2 Å². The number of ether oxygens (including phenoxy) is 1. The number of hydrogen-bond donors (Lipinski definition) is 1. The number of anilines is 1. The van der Waals surface area contributed by atoms with Crippen LogP contribution in [0.4, 0.5) is 18.9 Å². The molecule has 0 radical (unpaired) electrons. The summed E-state index contributed by atoms with van der Waals surface area (Å²) in [6.07, 6.45) is 1.06. The van der Waals surface area contributed by atoms with Crippen molar-refractivity contribution in [2.24, 2.45) is 0 Å². The van der Waals surface area contributed by atoms with E-state index in [1.807, 2.05) is 20.8 Å². The van der Waals surface area contributed by atoms with Crippen LogP contribution in [0.2, 0.25) is 0 Å². The first kappa shape index (κ1) is 19.7. The van der Waals surface area contributed by atoms with Crippen molar-refractivity contribution in [3.05, 3.63) is 35.7 Å². The predicted octanol–water partition coefficient (Wildman–Crippen LogP) is 4.07. The minimum absolute atomic E-state index is 0.155. The zero-order chi connectivity index (χ0) is 19.3. The van der Waals surface area contributed by atoms with E-state index in [4.69, 9.17) is 4.52 Å². The van der Waals surface area contributed by atoms with Gasteiger partial charge >= 0.3 is 6.61 Å². The maximum absolute atomic E-state index is 13.6. The third-order valence-electron chi connectivity index (χ3n) is 3.37. The maximum Gasteiger partial charge on any atom is 0.387 e. The van der Waals surface area contributed by atoms with Gasteiger partial charge in [0.25, 0.3) is 0 Å². The molecule has 26 heavy (non-hydrogen) atoms. The molecule has 0 aliphatic rings. The summed E-state index contributed by atoms with van der Waals surface area (Å²) in [5.41, 5.74) is -0.0643. The number of aromatic nitrogens is 2. The van der Waals surface area contributed by atoms with Gasteiger partial charge in [-0.1, -0.05) is 25.9 Å². The van der Waals surface area contributed by atoms with E-state index in [0.29, 0.717) is 24.6 Å². The van der Waals surface area contributed by atoms with Gasteiger partial charge in [-0.25, -0.2) is 4.39 Å². The zero-order valence-electron chi connectivity index (χ0n) is 14.7. The molecule has 0 aliphatic heterocycles. The second-order valence-corrected chi connectivity index (χ2v) is 6.69. The Labute approximate surface area is 148 Å². The second kappa shape index (κ2) is 8.20. The minimum atomic E-state index is -3.12. The van der Waals surface area contributed by atoms with Gasteiger partial charge in [0.1, 0.15) is 0 Å². The highest BCUT2D eigenvalue weighted by Gasteiger charge is 2.20. The summed E-state index contributed by atoms with van der Waals surface area (Å²) >= 11 is 0.